The van der Waals surface area contributed by atoms with Crippen LogP contribution in [0.4, 0.5) is 0 Å². The average molecular weight is 335 g/mol. The molecular weight excluding hydrogens is 325 g/mol. The molecule has 8 heteroatoms. The van der Waals surface area contributed by atoms with E-state index in [-0.39, 0.29) is 12.4 Å². The Bertz CT molecular complexity index is 622. The summed E-state index contributed by atoms with van der Waals surface area (Å²) < 4.78 is 3.00. The third-order valence-electron chi connectivity index (χ3n) is 2.40. The Kier molecular flexibility index (Phi) is 4.52. The fourth-order valence-electron chi connectivity index (χ4n) is 1.48. The molecule has 0 aliphatic carbocycles. The summed E-state index contributed by atoms with van der Waals surface area (Å²) in [5, 5.41) is 6.22. The number of amides is 1. The molecule has 0 aliphatic rings. The largest absolute Gasteiger partial charge is 0.343 e. The number of halogens is 3. The molecule has 0 saturated heterocycles. The SMILES string of the molecule is Cc1cccc(-c2noc(CNC(=O)C(Cl)(Cl)Cl)n2)c1. The molecule has 1 heterocycles. The van der Waals surface area contributed by atoms with Crippen molar-refractivity contribution in [3.63, 3.8) is 0 Å². The van der Waals surface area contributed by atoms with Crippen molar-refractivity contribution in [3.8, 4) is 11.4 Å². The first kappa shape index (κ1) is 15.1. The predicted octanol–water partition coefficient (Wildman–Crippen LogP) is 3.03. The second-order valence-electron chi connectivity index (χ2n) is 4.06. The van der Waals surface area contributed by atoms with Crippen molar-refractivity contribution in [1.29, 1.82) is 0 Å². The number of nitrogens with zero attached hydrogens (tertiary/aromatic N) is 2. The van der Waals surface area contributed by atoms with Crippen molar-refractivity contribution in [3.05, 3.63) is 35.7 Å². The minimum Gasteiger partial charge on any atom is -0.343 e. The van der Waals surface area contributed by atoms with E-state index in [1.807, 2.05) is 31.2 Å². The topological polar surface area (TPSA) is 68.0 Å². The zero-order chi connectivity index (χ0) is 14.8. The Morgan fingerprint density at radius 3 is 2.80 bits per heavy atom. The van der Waals surface area contributed by atoms with Gasteiger partial charge in [0.15, 0.2) is 0 Å². The molecule has 0 radical (unpaired) electrons. The molecule has 1 aromatic heterocycles. The van der Waals surface area contributed by atoms with Gasteiger partial charge in [0.2, 0.25) is 11.7 Å². The highest BCUT2D eigenvalue weighted by Crippen LogP contribution is 2.26. The van der Waals surface area contributed by atoms with Crippen molar-refractivity contribution in [2.24, 2.45) is 0 Å². The number of hydrogen-bond donors (Lipinski definition) is 1. The molecule has 2 aromatic rings. The van der Waals surface area contributed by atoms with Crippen molar-refractivity contribution in [1.82, 2.24) is 15.5 Å². The smallest absolute Gasteiger partial charge is 0.272 e. The molecule has 1 aromatic carbocycles. The summed E-state index contributed by atoms with van der Waals surface area (Å²) in [5.41, 5.74) is 1.91. The number of carbonyl (C=O) groups excluding carboxylic acids is 1. The molecule has 0 aliphatic heterocycles. The molecule has 0 atom stereocenters. The first-order chi connectivity index (χ1) is 9.36. The van der Waals surface area contributed by atoms with Gasteiger partial charge in [-0.3, -0.25) is 4.79 Å². The summed E-state index contributed by atoms with van der Waals surface area (Å²) in [5.74, 6) is -0.0891. The number of nitrogens with one attached hydrogen (secondary N) is 1. The summed E-state index contributed by atoms with van der Waals surface area (Å²) in [6.07, 6.45) is 0. The molecule has 0 fully saturated rings. The van der Waals surface area contributed by atoms with Crippen molar-refractivity contribution >= 4 is 40.7 Å². The van der Waals surface area contributed by atoms with Gasteiger partial charge in [0.1, 0.15) is 0 Å². The van der Waals surface area contributed by atoms with Gasteiger partial charge in [0.05, 0.1) is 6.54 Å². The molecule has 1 amide bonds. The van der Waals surface area contributed by atoms with Crippen LogP contribution in [0.1, 0.15) is 11.5 Å². The van der Waals surface area contributed by atoms with Crippen LogP contribution in [0, 0.1) is 6.92 Å². The Balaban J connectivity index is 2.05. The second kappa shape index (κ2) is 5.99. The van der Waals surface area contributed by atoms with Crippen LogP contribution in [0.3, 0.4) is 0 Å². The van der Waals surface area contributed by atoms with Gasteiger partial charge in [-0.15, -0.1) is 0 Å². The summed E-state index contributed by atoms with van der Waals surface area (Å²) in [4.78, 5) is 15.5. The number of aryl methyl sites for hydroxylation is 1. The molecule has 0 bridgehead atoms. The van der Waals surface area contributed by atoms with E-state index in [1.165, 1.54) is 0 Å². The standard InChI is InChI=1S/C12H10Cl3N3O2/c1-7-3-2-4-8(5-7)10-17-9(20-18-10)6-16-11(19)12(13,14)15/h2-5H,6H2,1H3,(H,16,19). The molecule has 0 saturated carbocycles. The number of aromatic nitrogens is 2. The van der Waals surface area contributed by atoms with Gasteiger partial charge in [-0.05, 0) is 13.0 Å². The monoisotopic (exact) mass is 333 g/mol. The Morgan fingerprint density at radius 2 is 2.15 bits per heavy atom. The van der Waals surface area contributed by atoms with Crippen LogP contribution in [-0.4, -0.2) is 19.8 Å². The van der Waals surface area contributed by atoms with Gasteiger partial charge < -0.3 is 9.84 Å². The van der Waals surface area contributed by atoms with Gasteiger partial charge in [-0.2, -0.15) is 4.98 Å². The van der Waals surface area contributed by atoms with Gasteiger partial charge in [0.25, 0.3) is 9.70 Å². The predicted molar refractivity (Wildman–Crippen MR) is 76.6 cm³/mol. The fraction of sp³-hybridized carbons (Fsp3) is 0.250. The van der Waals surface area contributed by atoms with Crippen LogP contribution < -0.4 is 5.32 Å². The second-order valence-corrected chi connectivity index (χ2v) is 6.34. The first-order valence-corrected chi connectivity index (χ1v) is 6.74. The van der Waals surface area contributed by atoms with E-state index in [9.17, 15) is 4.79 Å². The molecule has 2 rings (SSSR count). The van der Waals surface area contributed by atoms with Crippen LogP contribution >= 0.6 is 34.8 Å². The minimum atomic E-state index is -2.01. The highest BCUT2D eigenvalue weighted by molar-refractivity contribution is 6.76. The number of rotatable bonds is 3. The number of hydrogen-bond acceptors (Lipinski definition) is 4. The third kappa shape index (κ3) is 3.85. The highest BCUT2D eigenvalue weighted by Gasteiger charge is 2.30. The Labute approximate surface area is 130 Å². The van der Waals surface area contributed by atoms with Gasteiger partial charge in [-0.25, -0.2) is 0 Å². The number of alkyl halides is 3. The normalized spacial score (nSPS) is 11.4. The van der Waals surface area contributed by atoms with E-state index in [0.717, 1.165) is 11.1 Å². The summed E-state index contributed by atoms with van der Waals surface area (Å²) in [7, 11) is 0. The van der Waals surface area contributed by atoms with Crippen molar-refractivity contribution in [2.75, 3.05) is 0 Å². The van der Waals surface area contributed by atoms with Crippen LogP contribution in [0.15, 0.2) is 28.8 Å². The molecule has 0 unspecified atom stereocenters. The highest BCUT2D eigenvalue weighted by atomic mass is 35.6. The van der Waals surface area contributed by atoms with Crippen molar-refractivity contribution in [2.45, 2.75) is 17.3 Å². The lowest BCUT2D eigenvalue weighted by Crippen LogP contribution is -2.34. The zero-order valence-electron chi connectivity index (χ0n) is 10.4. The summed E-state index contributed by atoms with van der Waals surface area (Å²) in [6, 6.07) is 7.65. The maximum Gasteiger partial charge on any atom is 0.272 e. The van der Waals surface area contributed by atoms with Crippen LogP contribution in [0.2, 0.25) is 0 Å². The van der Waals surface area contributed by atoms with Crippen LogP contribution in [0.25, 0.3) is 11.4 Å². The van der Waals surface area contributed by atoms with Crippen molar-refractivity contribution < 1.29 is 9.32 Å². The zero-order valence-corrected chi connectivity index (χ0v) is 12.6. The van der Waals surface area contributed by atoms with E-state index in [1.54, 1.807) is 0 Å². The van der Waals surface area contributed by atoms with E-state index >= 15 is 0 Å². The van der Waals surface area contributed by atoms with Gasteiger partial charge in [-0.1, -0.05) is 63.7 Å². The lowest BCUT2D eigenvalue weighted by Gasteiger charge is -2.09. The Morgan fingerprint density at radius 1 is 1.40 bits per heavy atom. The molecule has 106 valence electrons. The quantitative estimate of drug-likeness (QED) is 0.876. The average Bonchev–Trinajstić information content (AvgIpc) is 2.83. The Hall–Kier alpha value is -1.30. The van der Waals surface area contributed by atoms with Gasteiger partial charge >= 0.3 is 0 Å². The van der Waals surface area contributed by atoms with Crippen LogP contribution in [0.5, 0.6) is 0 Å². The molecule has 5 nitrogen and oxygen atoms in total. The van der Waals surface area contributed by atoms with E-state index in [4.69, 9.17) is 39.3 Å². The molecule has 1 N–H and O–H groups in total. The fourth-order valence-corrected chi connectivity index (χ4v) is 1.68. The van der Waals surface area contributed by atoms with E-state index in [0.29, 0.717) is 5.82 Å². The summed E-state index contributed by atoms with van der Waals surface area (Å²) in [6.45, 7) is 1.96. The lowest BCUT2D eigenvalue weighted by molar-refractivity contribution is -0.120. The third-order valence-corrected chi connectivity index (χ3v) is 2.92. The molecule has 0 spiro atoms. The molecular formula is C12H10Cl3N3O2. The van der Waals surface area contributed by atoms with Gasteiger partial charge in [0, 0.05) is 5.56 Å². The first-order valence-electron chi connectivity index (χ1n) is 5.61. The molecule has 20 heavy (non-hydrogen) atoms. The lowest BCUT2D eigenvalue weighted by atomic mass is 10.1. The van der Waals surface area contributed by atoms with Crippen LogP contribution in [-0.2, 0) is 11.3 Å². The summed E-state index contributed by atoms with van der Waals surface area (Å²) >= 11 is 16.3. The van der Waals surface area contributed by atoms with E-state index in [2.05, 4.69) is 15.5 Å². The number of carbonyl (C=O) groups is 1. The van der Waals surface area contributed by atoms with E-state index < -0.39 is 9.70 Å². The number of benzene rings is 1. The maximum atomic E-state index is 11.4. The maximum absolute atomic E-state index is 11.4. The minimum absolute atomic E-state index is 0.00837.